The predicted molar refractivity (Wildman–Crippen MR) is 88.7 cm³/mol. The maximum Gasteiger partial charge on any atom is 0.243 e. The second kappa shape index (κ2) is 6.71. The summed E-state index contributed by atoms with van der Waals surface area (Å²) in [4.78, 5) is 24.4. The normalized spacial score (nSPS) is 21.4. The first-order chi connectivity index (χ1) is 10.7. The summed E-state index contributed by atoms with van der Waals surface area (Å²) in [6.45, 7) is 7.48. The highest BCUT2D eigenvalue weighted by atomic mass is 16.3. The van der Waals surface area contributed by atoms with Gasteiger partial charge in [0.1, 0.15) is 6.04 Å². The van der Waals surface area contributed by atoms with Gasteiger partial charge in [-0.1, -0.05) is 52.0 Å². The second-order valence-electron chi connectivity index (χ2n) is 7.18. The maximum absolute atomic E-state index is 12.7. The highest BCUT2D eigenvalue weighted by molar-refractivity contribution is 5.88. The molecule has 0 radical (unpaired) electrons. The fourth-order valence-electron chi connectivity index (χ4n) is 2.91. The zero-order valence-corrected chi connectivity index (χ0v) is 14.2. The number of carbonyl (C=O) groups excluding carboxylic acids is 2. The molecule has 2 rings (SSSR count). The molecule has 0 bridgehead atoms. The Morgan fingerprint density at radius 2 is 1.96 bits per heavy atom. The first kappa shape index (κ1) is 17.5. The highest BCUT2D eigenvalue weighted by Crippen LogP contribution is 2.31. The summed E-state index contributed by atoms with van der Waals surface area (Å²) < 4.78 is 0. The van der Waals surface area contributed by atoms with Gasteiger partial charge in [0.15, 0.2) is 0 Å². The summed E-state index contributed by atoms with van der Waals surface area (Å²) >= 11 is 0. The summed E-state index contributed by atoms with van der Waals surface area (Å²) in [6, 6.07) is 6.66. The minimum absolute atomic E-state index is 0.157. The van der Waals surface area contributed by atoms with Crippen molar-refractivity contribution in [2.45, 2.75) is 58.7 Å². The third-order valence-electron chi connectivity index (χ3n) is 4.28. The second-order valence-corrected chi connectivity index (χ2v) is 7.18. The number of aliphatic hydroxyl groups is 1. The molecule has 126 valence electrons. The van der Waals surface area contributed by atoms with Crippen molar-refractivity contribution in [2.24, 2.45) is 5.41 Å². The molecule has 0 aliphatic heterocycles. The van der Waals surface area contributed by atoms with Crippen LogP contribution in [0, 0.1) is 5.41 Å². The van der Waals surface area contributed by atoms with E-state index in [-0.39, 0.29) is 17.9 Å². The van der Waals surface area contributed by atoms with Gasteiger partial charge in [0.25, 0.3) is 0 Å². The summed E-state index contributed by atoms with van der Waals surface area (Å²) in [5, 5.41) is 16.1. The molecular weight excluding hydrogens is 292 g/mol. The van der Waals surface area contributed by atoms with Crippen molar-refractivity contribution in [3.05, 3.63) is 35.4 Å². The van der Waals surface area contributed by atoms with Gasteiger partial charge in [0, 0.05) is 6.42 Å². The maximum atomic E-state index is 12.7. The fraction of sp³-hybridized carbons (Fsp3) is 0.556. The van der Waals surface area contributed by atoms with Crippen molar-refractivity contribution in [2.75, 3.05) is 0 Å². The SMILES string of the molecule is CCC(=O)NC(C(=O)N[C@H]1Cc2ccccc2[C@H]1O)C(C)(C)C. The highest BCUT2D eigenvalue weighted by Gasteiger charge is 2.37. The van der Waals surface area contributed by atoms with Crippen molar-refractivity contribution in [3.63, 3.8) is 0 Å². The lowest BCUT2D eigenvalue weighted by Crippen LogP contribution is -2.55. The minimum atomic E-state index is -0.711. The van der Waals surface area contributed by atoms with Crippen LogP contribution in [0.4, 0.5) is 0 Å². The van der Waals surface area contributed by atoms with Gasteiger partial charge in [0.2, 0.25) is 11.8 Å². The van der Waals surface area contributed by atoms with Gasteiger partial charge in [-0.3, -0.25) is 9.59 Å². The third-order valence-corrected chi connectivity index (χ3v) is 4.28. The Hall–Kier alpha value is -1.88. The fourth-order valence-corrected chi connectivity index (χ4v) is 2.91. The molecule has 3 atom stereocenters. The molecule has 0 spiro atoms. The van der Waals surface area contributed by atoms with Crippen LogP contribution in [0.5, 0.6) is 0 Å². The van der Waals surface area contributed by atoms with E-state index in [0.29, 0.717) is 12.8 Å². The van der Waals surface area contributed by atoms with Crippen LogP contribution >= 0.6 is 0 Å². The van der Waals surface area contributed by atoms with Crippen LogP contribution in [-0.2, 0) is 16.0 Å². The Bertz CT molecular complexity index is 592. The smallest absolute Gasteiger partial charge is 0.243 e. The van der Waals surface area contributed by atoms with Crippen molar-refractivity contribution in [1.29, 1.82) is 0 Å². The van der Waals surface area contributed by atoms with E-state index in [2.05, 4.69) is 10.6 Å². The van der Waals surface area contributed by atoms with Crippen molar-refractivity contribution in [1.82, 2.24) is 10.6 Å². The van der Waals surface area contributed by atoms with E-state index >= 15 is 0 Å². The molecular formula is C18H26N2O3. The zero-order chi connectivity index (χ0) is 17.2. The van der Waals surface area contributed by atoms with Crippen molar-refractivity contribution in [3.8, 4) is 0 Å². The number of amides is 2. The standard InChI is InChI=1S/C18H26N2O3/c1-5-14(21)20-16(18(2,3)4)17(23)19-13-10-11-8-6-7-9-12(11)15(13)22/h6-9,13,15-16,22H,5,10H2,1-4H3,(H,19,23)(H,20,21)/t13-,15+,16?/m0/s1. The minimum Gasteiger partial charge on any atom is -0.386 e. The lowest BCUT2D eigenvalue weighted by atomic mass is 9.85. The molecule has 1 aliphatic carbocycles. The zero-order valence-electron chi connectivity index (χ0n) is 14.2. The molecule has 1 unspecified atom stereocenters. The van der Waals surface area contributed by atoms with Crippen LogP contribution in [0.2, 0.25) is 0 Å². The number of hydrogen-bond donors (Lipinski definition) is 3. The molecule has 0 saturated carbocycles. The molecule has 23 heavy (non-hydrogen) atoms. The largest absolute Gasteiger partial charge is 0.386 e. The Labute approximate surface area is 137 Å². The molecule has 0 aromatic heterocycles. The average Bonchev–Trinajstić information content (AvgIpc) is 2.80. The van der Waals surface area contributed by atoms with E-state index < -0.39 is 17.6 Å². The Balaban J connectivity index is 2.09. The Morgan fingerprint density at radius 3 is 2.52 bits per heavy atom. The summed E-state index contributed by atoms with van der Waals surface area (Å²) in [5.41, 5.74) is 1.50. The Kier molecular flexibility index (Phi) is 5.09. The number of aliphatic hydroxyl groups excluding tert-OH is 1. The summed E-state index contributed by atoms with van der Waals surface area (Å²) in [5.74, 6) is -0.411. The van der Waals surface area contributed by atoms with E-state index in [1.807, 2.05) is 45.0 Å². The predicted octanol–water partition coefficient (Wildman–Crippen LogP) is 1.70. The molecule has 0 fully saturated rings. The number of carbonyl (C=O) groups is 2. The van der Waals surface area contributed by atoms with Crippen LogP contribution in [0.25, 0.3) is 0 Å². The lowest BCUT2D eigenvalue weighted by Gasteiger charge is -2.31. The molecule has 5 heteroatoms. The molecule has 5 nitrogen and oxygen atoms in total. The van der Waals surface area contributed by atoms with Crippen LogP contribution in [0.1, 0.15) is 51.3 Å². The van der Waals surface area contributed by atoms with E-state index in [1.54, 1.807) is 6.92 Å². The van der Waals surface area contributed by atoms with Gasteiger partial charge in [-0.25, -0.2) is 0 Å². The summed E-state index contributed by atoms with van der Waals surface area (Å²) in [6.07, 6.45) is 0.219. The van der Waals surface area contributed by atoms with E-state index in [4.69, 9.17) is 0 Å². The lowest BCUT2D eigenvalue weighted by molar-refractivity contribution is -0.132. The van der Waals surface area contributed by atoms with Gasteiger partial charge >= 0.3 is 0 Å². The average molecular weight is 318 g/mol. The molecule has 1 aromatic carbocycles. The van der Waals surface area contributed by atoms with Gasteiger partial charge < -0.3 is 15.7 Å². The monoisotopic (exact) mass is 318 g/mol. The van der Waals surface area contributed by atoms with E-state index in [9.17, 15) is 14.7 Å². The number of benzene rings is 1. The van der Waals surface area contributed by atoms with E-state index in [0.717, 1.165) is 11.1 Å². The topological polar surface area (TPSA) is 78.4 Å². The first-order valence-corrected chi connectivity index (χ1v) is 8.09. The number of fused-ring (bicyclic) bond motifs is 1. The molecule has 0 saturated heterocycles. The van der Waals surface area contributed by atoms with Gasteiger partial charge in [0.05, 0.1) is 12.1 Å². The van der Waals surface area contributed by atoms with Crippen molar-refractivity contribution < 1.29 is 14.7 Å². The molecule has 3 N–H and O–H groups in total. The molecule has 0 heterocycles. The van der Waals surface area contributed by atoms with Crippen LogP contribution in [0.3, 0.4) is 0 Å². The summed E-state index contributed by atoms with van der Waals surface area (Å²) in [7, 11) is 0. The number of hydrogen-bond acceptors (Lipinski definition) is 3. The van der Waals surface area contributed by atoms with E-state index in [1.165, 1.54) is 0 Å². The third kappa shape index (κ3) is 3.91. The van der Waals surface area contributed by atoms with Gasteiger partial charge in [-0.05, 0) is 23.0 Å². The number of nitrogens with one attached hydrogen (secondary N) is 2. The van der Waals surface area contributed by atoms with Crippen LogP contribution < -0.4 is 10.6 Å². The van der Waals surface area contributed by atoms with Crippen LogP contribution in [0.15, 0.2) is 24.3 Å². The molecule has 1 aromatic rings. The quantitative estimate of drug-likeness (QED) is 0.791. The molecule has 2 amide bonds. The van der Waals surface area contributed by atoms with Crippen LogP contribution in [-0.4, -0.2) is 29.0 Å². The van der Waals surface area contributed by atoms with Crippen molar-refractivity contribution >= 4 is 11.8 Å². The van der Waals surface area contributed by atoms with Gasteiger partial charge in [-0.15, -0.1) is 0 Å². The Morgan fingerprint density at radius 1 is 1.30 bits per heavy atom. The first-order valence-electron chi connectivity index (χ1n) is 8.09. The number of rotatable bonds is 4. The molecule has 1 aliphatic rings. The van der Waals surface area contributed by atoms with Gasteiger partial charge in [-0.2, -0.15) is 0 Å².